The zero-order chi connectivity index (χ0) is 19.6. The highest BCUT2D eigenvalue weighted by Gasteiger charge is 2.28. The Morgan fingerprint density at radius 3 is 2.67 bits per heavy atom. The highest BCUT2D eigenvalue weighted by molar-refractivity contribution is 5.89. The van der Waals surface area contributed by atoms with Gasteiger partial charge < -0.3 is 14.6 Å². The number of hydrogen-bond donors (Lipinski definition) is 1. The second-order valence-corrected chi connectivity index (χ2v) is 8.31. The molecule has 3 rings (SSSR count). The summed E-state index contributed by atoms with van der Waals surface area (Å²) >= 11 is 0. The number of hydrogen-bond acceptors (Lipinski definition) is 3. The van der Waals surface area contributed by atoms with E-state index < -0.39 is 5.97 Å². The Bertz CT molecular complexity index is 730. The van der Waals surface area contributed by atoms with Crippen molar-refractivity contribution in [3.8, 4) is 0 Å². The minimum atomic E-state index is -0.480. The largest absolute Gasteiger partial charge is 0.452 e. The first-order chi connectivity index (χ1) is 12.9. The number of nitrogens with zero attached hydrogens (tertiary/aromatic N) is 1. The number of amides is 1. The maximum absolute atomic E-state index is 12.1. The van der Waals surface area contributed by atoms with Gasteiger partial charge in [0.05, 0.1) is 0 Å². The van der Waals surface area contributed by atoms with Crippen LogP contribution in [-0.2, 0) is 14.3 Å². The van der Waals surface area contributed by atoms with Crippen molar-refractivity contribution in [3.63, 3.8) is 0 Å². The van der Waals surface area contributed by atoms with Crippen molar-refractivity contribution in [1.82, 2.24) is 9.88 Å². The van der Waals surface area contributed by atoms with Crippen molar-refractivity contribution in [3.05, 3.63) is 29.1 Å². The normalized spacial score (nSPS) is 25.6. The Morgan fingerprint density at radius 2 is 1.96 bits per heavy atom. The molecule has 1 amide bonds. The molecule has 2 aliphatic rings. The molecule has 2 fully saturated rings. The summed E-state index contributed by atoms with van der Waals surface area (Å²) in [6, 6.07) is 2.89. The average molecular weight is 373 g/mol. The Morgan fingerprint density at radius 1 is 1.22 bits per heavy atom. The molecule has 1 heterocycles. The van der Waals surface area contributed by atoms with Gasteiger partial charge in [-0.1, -0.05) is 26.7 Å². The second kappa shape index (κ2) is 8.32. The minimum Gasteiger partial charge on any atom is -0.452 e. The van der Waals surface area contributed by atoms with E-state index in [9.17, 15) is 9.59 Å². The van der Waals surface area contributed by atoms with Crippen molar-refractivity contribution in [2.24, 2.45) is 11.8 Å². The molecule has 0 spiro atoms. The first-order valence-corrected chi connectivity index (χ1v) is 10.2. The van der Waals surface area contributed by atoms with Crippen LogP contribution in [0.4, 0.5) is 0 Å². The fraction of sp³-hybridized carbons (Fsp3) is 0.636. The number of carbonyl (C=O) groups excluding carboxylic acids is 2. The van der Waals surface area contributed by atoms with Crippen LogP contribution in [0, 0.1) is 25.7 Å². The molecule has 1 N–H and O–H groups in total. The predicted octanol–water partition coefficient (Wildman–Crippen LogP) is 3.94. The van der Waals surface area contributed by atoms with Crippen molar-refractivity contribution in [1.29, 1.82) is 0 Å². The van der Waals surface area contributed by atoms with E-state index in [2.05, 4.69) is 43.6 Å². The van der Waals surface area contributed by atoms with E-state index in [1.165, 1.54) is 36.7 Å². The first-order valence-electron chi connectivity index (χ1n) is 10.2. The molecule has 2 saturated carbocycles. The summed E-state index contributed by atoms with van der Waals surface area (Å²) in [6.45, 7) is 8.37. The van der Waals surface area contributed by atoms with Gasteiger partial charge in [0, 0.05) is 29.5 Å². The summed E-state index contributed by atoms with van der Waals surface area (Å²) in [7, 11) is 0. The molecule has 1 aromatic heterocycles. The number of aromatic nitrogens is 1. The number of ether oxygens (including phenoxy) is 1. The van der Waals surface area contributed by atoms with Crippen molar-refractivity contribution in [2.75, 3.05) is 6.61 Å². The molecule has 27 heavy (non-hydrogen) atoms. The number of aryl methyl sites for hydroxylation is 1. The third-order valence-electron chi connectivity index (χ3n) is 6.23. The lowest BCUT2D eigenvalue weighted by molar-refractivity contribution is -0.144. The molecule has 2 aliphatic carbocycles. The van der Waals surface area contributed by atoms with Gasteiger partial charge in [0.25, 0.3) is 5.91 Å². The van der Waals surface area contributed by atoms with Gasteiger partial charge in [-0.25, -0.2) is 4.79 Å². The van der Waals surface area contributed by atoms with Crippen molar-refractivity contribution >= 4 is 18.0 Å². The van der Waals surface area contributed by atoms with Gasteiger partial charge in [-0.05, 0) is 62.7 Å². The molecule has 5 nitrogen and oxygen atoms in total. The van der Waals surface area contributed by atoms with Crippen molar-refractivity contribution in [2.45, 2.75) is 71.9 Å². The third-order valence-corrected chi connectivity index (χ3v) is 6.23. The number of nitrogens with one attached hydrogen (secondary N) is 1. The lowest BCUT2D eigenvalue weighted by Gasteiger charge is -2.34. The molecule has 0 unspecified atom stereocenters. The fourth-order valence-corrected chi connectivity index (χ4v) is 4.24. The number of carbonyl (C=O) groups is 2. The molecule has 3 atom stereocenters. The van der Waals surface area contributed by atoms with Crippen LogP contribution < -0.4 is 5.32 Å². The van der Waals surface area contributed by atoms with Gasteiger partial charge >= 0.3 is 5.97 Å². The van der Waals surface area contributed by atoms with Gasteiger partial charge in [-0.2, -0.15) is 0 Å². The highest BCUT2D eigenvalue weighted by atomic mass is 16.5. The molecule has 0 radical (unpaired) electrons. The predicted molar refractivity (Wildman–Crippen MR) is 106 cm³/mol. The summed E-state index contributed by atoms with van der Waals surface area (Å²) in [6.07, 6.45) is 9.02. The molecule has 148 valence electrons. The molecule has 1 aromatic rings. The molecule has 0 saturated heterocycles. The molecule has 0 aromatic carbocycles. The van der Waals surface area contributed by atoms with Crippen LogP contribution in [0.2, 0.25) is 0 Å². The van der Waals surface area contributed by atoms with Gasteiger partial charge in [0.2, 0.25) is 0 Å². The Hall–Kier alpha value is -2.04. The number of rotatable bonds is 6. The first kappa shape index (κ1) is 19.7. The van der Waals surface area contributed by atoms with Gasteiger partial charge in [-0.15, -0.1) is 0 Å². The van der Waals surface area contributed by atoms with E-state index in [4.69, 9.17) is 4.74 Å². The monoisotopic (exact) mass is 372 g/mol. The Kier molecular flexibility index (Phi) is 6.08. The lowest BCUT2D eigenvalue weighted by Crippen LogP contribution is -2.45. The second-order valence-electron chi connectivity index (χ2n) is 8.31. The SMILES string of the molecule is Cc1cc(/C=C/C(=O)OCC(=O)N[C@H]2CCC[C@H](C)[C@@H]2C)c(C)n1C1CC1. The quantitative estimate of drug-likeness (QED) is 0.608. The maximum Gasteiger partial charge on any atom is 0.331 e. The van der Waals surface area contributed by atoms with Crippen LogP contribution in [0.3, 0.4) is 0 Å². The summed E-state index contributed by atoms with van der Waals surface area (Å²) in [5.74, 6) is 0.380. The lowest BCUT2D eigenvalue weighted by atomic mass is 9.78. The zero-order valence-electron chi connectivity index (χ0n) is 17.0. The Balaban J connectivity index is 1.47. The Labute approximate surface area is 162 Å². The maximum atomic E-state index is 12.1. The van der Waals surface area contributed by atoms with E-state index in [1.807, 2.05) is 0 Å². The van der Waals surface area contributed by atoms with E-state index in [0.717, 1.165) is 18.4 Å². The summed E-state index contributed by atoms with van der Waals surface area (Å²) in [4.78, 5) is 24.1. The van der Waals surface area contributed by atoms with E-state index >= 15 is 0 Å². The van der Waals surface area contributed by atoms with E-state index in [1.54, 1.807) is 6.08 Å². The summed E-state index contributed by atoms with van der Waals surface area (Å²) in [5, 5.41) is 3.02. The van der Waals surface area contributed by atoms with Crippen LogP contribution in [0.1, 0.15) is 68.9 Å². The highest BCUT2D eigenvalue weighted by Crippen LogP contribution is 2.38. The fourth-order valence-electron chi connectivity index (χ4n) is 4.24. The molecular formula is C22H32N2O3. The molecule has 0 bridgehead atoms. The van der Waals surface area contributed by atoms with Crippen LogP contribution in [0.25, 0.3) is 6.08 Å². The van der Waals surface area contributed by atoms with Gasteiger partial charge in [0.1, 0.15) is 0 Å². The van der Waals surface area contributed by atoms with Crippen LogP contribution in [0.15, 0.2) is 12.1 Å². The van der Waals surface area contributed by atoms with Crippen LogP contribution >= 0.6 is 0 Å². The van der Waals surface area contributed by atoms with Gasteiger partial charge in [0.15, 0.2) is 6.61 Å². The van der Waals surface area contributed by atoms with E-state index in [-0.39, 0.29) is 18.6 Å². The zero-order valence-corrected chi connectivity index (χ0v) is 17.0. The standard InChI is InChI=1S/C22H32N2O3/c1-14-6-5-7-20(16(14)3)23-21(25)13-27-22(26)11-8-18-12-15(2)24(17(18)4)19-9-10-19/h8,11-12,14,16,19-20H,5-7,9-10,13H2,1-4H3,(H,23,25)/b11-8+/t14-,16-,20-/m0/s1. The van der Waals surface area contributed by atoms with E-state index in [0.29, 0.717) is 17.9 Å². The summed E-state index contributed by atoms with van der Waals surface area (Å²) < 4.78 is 7.46. The van der Waals surface area contributed by atoms with Crippen LogP contribution in [0.5, 0.6) is 0 Å². The molecular weight excluding hydrogens is 340 g/mol. The summed E-state index contributed by atoms with van der Waals surface area (Å²) in [5.41, 5.74) is 3.43. The topological polar surface area (TPSA) is 60.3 Å². The average Bonchev–Trinajstić information content (AvgIpc) is 3.41. The smallest absolute Gasteiger partial charge is 0.331 e. The number of esters is 1. The third kappa shape index (κ3) is 4.82. The minimum absolute atomic E-state index is 0.184. The molecule has 0 aliphatic heterocycles. The van der Waals surface area contributed by atoms with Gasteiger partial charge in [-0.3, -0.25) is 4.79 Å². The van der Waals surface area contributed by atoms with Crippen LogP contribution in [-0.4, -0.2) is 29.1 Å². The molecule has 5 heteroatoms. The van der Waals surface area contributed by atoms with Crippen molar-refractivity contribution < 1.29 is 14.3 Å².